The molecule has 2 amide bonds. The summed E-state index contributed by atoms with van der Waals surface area (Å²) < 4.78 is 17.9. The number of fused-ring (bicyclic) bond motifs is 1. The van der Waals surface area contributed by atoms with Gasteiger partial charge in [0.15, 0.2) is 11.5 Å². The molecule has 0 radical (unpaired) electrons. The van der Waals surface area contributed by atoms with Crippen molar-refractivity contribution in [1.82, 2.24) is 19.9 Å². The van der Waals surface area contributed by atoms with Crippen LogP contribution in [0.25, 0.3) is 11.0 Å². The third-order valence-corrected chi connectivity index (χ3v) is 8.31. The molecule has 0 fully saturated rings. The molecule has 270 valence electrons. The summed E-state index contributed by atoms with van der Waals surface area (Å²) in [6.45, 7) is 2.88. The minimum Gasteiger partial charge on any atom is -0.493 e. The molecule has 5 aromatic rings. The van der Waals surface area contributed by atoms with Crippen LogP contribution in [0.3, 0.4) is 0 Å². The molecule has 0 spiro atoms. The van der Waals surface area contributed by atoms with Gasteiger partial charge in [0.2, 0.25) is 0 Å². The van der Waals surface area contributed by atoms with Crippen LogP contribution in [-0.4, -0.2) is 58.6 Å². The maximum Gasteiger partial charge on any atom is 0.412 e. The van der Waals surface area contributed by atoms with Crippen molar-refractivity contribution in [1.29, 1.82) is 5.41 Å². The number of amides is 2. The molecule has 0 saturated heterocycles. The Balaban J connectivity index is 1.21. The highest BCUT2D eigenvalue weighted by Gasteiger charge is 2.22. The van der Waals surface area contributed by atoms with Gasteiger partial charge in [0, 0.05) is 36.6 Å². The molecule has 13 nitrogen and oxygen atoms in total. The zero-order chi connectivity index (χ0) is 36.9. The highest BCUT2D eigenvalue weighted by atomic mass is 16.6. The Morgan fingerprint density at radius 1 is 0.904 bits per heavy atom. The average Bonchev–Trinajstić information content (AvgIpc) is 3.48. The van der Waals surface area contributed by atoms with Crippen LogP contribution in [0, 0.1) is 5.41 Å². The van der Waals surface area contributed by atoms with Gasteiger partial charge < -0.3 is 24.1 Å². The molecule has 52 heavy (non-hydrogen) atoms. The number of carbonyl (C=O) groups excluding carboxylic acids is 3. The number of benzene rings is 3. The summed E-state index contributed by atoms with van der Waals surface area (Å²) >= 11 is 0. The minimum atomic E-state index is -0.634. The second kappa shape index (κ2) is 18.1. The molecule has 2 heterocycles. The largest absolute Gasteiger partial charge is 0.493 e. The lowest BCUT2D eigenvalue weighted by Gasteiger charge is -2.21. The summed E-state index contributed by atoms with van der Waals surface area (Å²) in [5.41, 5.74) is 3.20. The fourth-order valence-corrected chi connectivity index (χ4v) is 5.45. The SMILES string of the molecule is CCCCCCOC(=O)NC(=N)c1ccc(NCc2nc3cc(C(=O)N(CCC(=O)Oc4ccccc4OC)c4ccccn4)ccc3n2C)cc1. The number of hydrogen-bond acceptors (Lipinski definition) is 10. The predicted molar refractivity (Wildman–Crippen MR) is 199 cm³/mol. The van der Waals surface area contributed by atoms with Crippen molar-refractivity contribution < 1.29 is 28.6 Å². The lowest BCUT2D eigenvalue weighted by molar-refractivity contribution is -0.134. The van der Waals surface area contributed by atoms with Crippen LogP contribution in [0.1, 0.15) is 60.8 Å². The van der Waals surface area contributed by atoms with E-state index in [0.29, 0.717) is 47.1 Å². The van der Waals surface area contributed by atoms with E-state index in [1.54, 1.807) is 72.9 Å². The van der Waals surface area contributed by atoms with Crippen LogP contribution >= 0.6 is 0 Å². The van der Waals surface area contributed by atoms with Gasteiger partial charge in [-0.3, -0.25) is 25.2 Å². The quantitative estimate of drug-likeness (QED) is 0.0327. The van der Waals surface area contributed by atoms with Crippen molar-refractivity contribution >= 4 is 46.3 Å². The number of alkyl carbamates (subject to hydrolysis) is 1. The summed E-state index contributed by atoms with van der Waals surface area (Å²) in [6, 6.07) is 24.5. The molecule has 13 heteroatoms. The van der Waals surface area contributed by atoms with Crippen molar-refractivity contribution in [3.8, 4) is 11.5 Å². The second-order valence-electron chi connectivity index (χ2n) is 11.9. The van der Waals surface area contributed by atoms with Gasteiger partial charge in [0.1, 0.15) is 17.5 Å². The van der Waals surface area contributed by atoms with Gasteiger partial charge in [-0.25, -0.2) is 14.8 Å². The number of methoxy groups -OCH3 is 1. The van der Waals surface area contributed by atoms with Crippen LogP contribution in [0.5, 0.6) is 11.5 Å². The monoisotopic (exact) mass is 705 g/mol. The minimum absolute atomic E-state index is 0.0385. The Morgan fingerprint density at radius 2 is 1.65 bits per heavy atom. The number of amidine groups is 1. The highest BCUT2D eigenvalue weighted by Crippen LogP contribution is 2.27. The number of esters is 1. The number of aryl methyl sites for hydroxylation is 1. The number of pyridine rings is 1. The Bertz CT molecular complexity index is 2000. The van der Waals surface area contributed by atoms with Gasteiger partial charge in [-0.05, 0) is 73.2 Å². The molecule has 0 aliphatic rings. The molecule has 0 aliphatic carbocycles. The van der Waals surface area contributed by atoms with Gasteiger partial charge in [-0.1, -0.05) is 44.4 Å². The number of nitrogens with one attached hydrogen (secondary N) is 3. The number of nitrogens with zero attached hydrogens (tertiary/aromatic N) is 4. The van der Waals surface area contributed by atoms with Crippen LogP contribution in [0.15, 0.2) is 91.1 Å². The van der Waals surface area contributed by atoms with Crippen molar-refractivity contribution in [2.45, 2.75) is 45.6 Å². The zero-order valence-corrected chi connectivity index (χ0v) is 29.6. The van der Waals surface area contributed by atoms with E-state index < -0.39 is 12.1 Å². The van der Waals surface area contributed by atoms with Gasteiger partial charge in [-0.2, -0.15) is 0 Å². The van der Waals surface area contributed by atoms with Crippen LogP contribution in [-0.2, 0) is 23.1 Å². The predicted octanol–water partition coefficient (Wildman–Crippen LogP) is 6.86. The summed E-state index contributed by atoms with van der Waals surface area (Å²) in [5, 5.41) is 14.0. The van der Waals surface area contributed by atoms with Crippen LogP contribution < -0.4 is 25.0 Å². The van der Waals surface area contributed by atoms with E-state index in [9.17, 15) is 14.4 Å². The molecule has 0 saturated carbocycles. The van der Waals surface area contributed by atoms with Gasteiger partial charge in [-0.15, -0.1) is 0 Å². The summed E-state index contributed by atoms with van der Waals surface area (Å²) in [4.78, 5) is 49.4. The lowest BCUT2D eigenvalue weighted by atomic mass is 10.1. The third kappa shape index (κ3) is 9.71. The average molecular weight is 706 g/mol. The molecule has 0 bridgehead atoms. The maximum absolute atomic E-state index is 13.9. The van der Waals surface area contributed by atoms with E-state index in [1.807, 2.05) is 29.8 Å². The van der Waals surface area contributed by atoms with Gasteiger partial charge in [0.25, 0.3) is 5.91 Å². The molecule has 5 rings (SSSR count). The number of ether oxygens (including phenoxy) is 3. The molecular weight excluding hydrogens is 662 g/mol. The van der Waals surface area contributed by atoms with Crippen molar-refractivity contribution in [2.75, 3.05) is 30.5 Å². The summed E-state index contributed by atoms with van der Waals surface area (Å²) in [6.07, 6.45) is 4.89. The number of aromatic nitrogens is 3. The highest BCUT2D eigenvalue weighted by molar-refractivity contribution is 6.07. The molecular formula is C39H43N7O6. The fraction of sp³-hybridized carbons (Fsp3) is 0.282. The first-order valence-corrected chi connectivity index (χ1v) is 17.2. The smallest absolute Gasteiger partial charge is 0.412 e. The van der Waals surface area contributed by atoms with E-state index in [4.69, 9.17) is 24.6 Å². The first kappa shape index (κ1) is 37.0. The van der Waals surface area contributed by atoms with E-state index in [-0.39, 0.29) is 24.7 Å². The van der Waals surface area contributed by atoms with Crippen LogP contribution in [0.4, 0.5) is 16.3 Å². The summed E-state index contributed by atoms with van der Waals surface area (Å²) in [7, 11) is 3.40. The number of hydrogen-bond donors (Lipinski definition) is 3. The lowest BCUT2D eigenvalue weighted by Crippen LogP contribution is -2.34. The fourth-order valence-electron chi connectivity index (χ4n) is 5.45. The Hall–Kier alpha value is -6.24. The molecule has 2 aromatic heterocycles. The Labute approximate surface area is 302 Å². The third-order valence-electron chi connectivity index (χ3n) is 8.31. The topological polar surface area (TPSA) is 161 Å². The number of imidazole rings is 1. The Morgan fingerprint density at radius 3 is 2.38 bits per heavy atom. The van der Waals surface area contributed by atoms with E-state index in [0.717, 1.165) is 42.7 Å². The molecule has 0 unspecified atom stereocenters. The number of unbranched alkanes of at least 4 members (excludes halogenated alkanes) is 3. The summed E-state index contributed by atoms with van der Waals surface area (Å²) in [5.74, 6) is 0.972. The number of para-hydroxylation sites is 2. The zero-order valence-electron chi connectivity index (χ0n) is 29.6. The maximum atomic E-state index is 13.9. The number of anilines is 2. The second-order valence-corrected chi connectivity index (χ2v) is 11.9. The number of carbonyl (C=O) groups is 3. The van der Waals surface area contributed by atoms with Crippen molar-refractivity contribution in [2.24, 2.45) is 7.05 Å². The molecule has 0 atom stereocenters. The van der Waals surface area contributed by atoms with Crippen molar-refractivity contribution in [3.05, 3.63) is 108 Å². The van der Waals surface area contributed by atoms with Crippen molar-refractivity contribution in [3.63, 3.8) is 0 Å². The first-order valence-electron chi connectivity index (χ1n) is 17.2. The molecule has 0 aliphatic heterocycles. The Kier molecular flexibility index (Phi) is 12.9. The number of rotatable bonds is 16. The van der Waals surface area contributed by atoms with E-state index in [1.165, 1.54) is 12.0 Å². The van der Waals surface area contributed by atoms with E-state index in [2.05, 4.69) is 22.5 Å². The van der Waals surface area contributed by atoms with E-state index >= 15 is 0 Å². The first-order chi connectivity index (χ1) is 25.3. The van der Waals surface area contributed by atoms with Gasteiger partial charge in [0.05, 0.1) is 37.7 Å². The molecule has 3 N–H and O–H groups in total. The van der Waals surface area contributed by atoms with Gasteiger partial charge >= 0.3 is 12.1 Å². The molecule has 3 aromatic carbocycles. The van der Waals surface area contributed by atoms with Crippen LogP contribution in [0.2, 0.25) is 0 Å². The normalized spacial score (nSPS) is 10.8. The standard InChI is InChI=1S/C39H43N7O6/c1-4-5-6-11-24-51-39(49)44-37(40)27-15-18-29(19-16-27)42-26-35-43-30-25-28(17-20-31(30)45(35)2)38(48)46(34-14-9-10-22-41-34)23-21-36(47)52-33-13-8-7-12-32(33)50-3/h7-10,12-20,22,25,42H,4-6,11,21,23-24,26H2,1-3H3,(H2,40,44,49).